The van der Waals surface area contributed by atoms with Crippen LogP contribution in [0.25, 0.3) is 0 Å². The first-order valence-corrected chi connectivity index (χ1v) is 6.43. The van der Waals surface area contributed by atoms with Crippen LogP contribution in [0.3, 0.4) is 0 Å². The van der Waals surface area contributed by atoms with E-state index in [1.165, 1.54) is 13.0 Å². The molecule has 0 atom stereocenters. The van der Waals surface area contributed by atoms with Crippen LogP contribution in [0.4, 0.5) is 0 Å². The average Bonchev–Trinajstić information content (AvgIpc) is 2.11. The number of hydrogen-bond acceptors (Lipinski definition) is 4. The Labute approximate surface area is 95.5 Å². The maximum absolute atomic E-state index is 11.1. The largest absolute Gasteiger partial charge is 0.360 e. The minimum absolute atomic E-state index is 0.0423. The molecule has 0 saturated carbocycles. The Hall–Kier alpha value is -0.330. The van der Waals surface area contributed by atoms with E-state index in [2.05, 4.69) is 20.9 Å². The van der Waals surface area contributed by atoms with Crippen LogP contribution < -0.4 is 4.18 Å². The van der Waals surface area contributed by atoms with E-state index >= 15 is 0 Å². The van der Waals surface area contributed by atoms with Crippen LogP contribution in [0.5, 0.6) is 5.88 Å². The molecule has 1 heterocycles. The Balaban J connectivity index is 3.03. The average molecular weight is 301 g/mol. The summed E-state index contributed by atoms with van der Waals surface area (Å²) in [5, 5.41) is 0.175. The fourth-order valence-electron chi connectivity index (χ4n) is 0.639. The van der Waals surface area contributed by atoms with Crippen molar-refractivity contribution in [1.82, 2.24) is 4.98 Å². The molecule has 4 nitrogen and oxygen atoms in total. The summed E-state index contributed by atoms with van der Waals surface area (Å²) in [6, 6.07) is 3.09. The van der Waals surface area contributed by atoms with Gasteiger partial charge in [0.05, 0.1) is 10.2 Å². The molecule has 1 rings (SSSR count). The SMILES string of the molecule is CCS(=O)(=O)Oc1nc(Cl)ccc1Br. The molecule has 0 N–H and O–H groups in total. The van der Waals surface area contributed by atoms with E-state index in [1.807, 2.05) is 0 Å². The molecule has 0 bridgehead atoms. The normalized spacial score (nSPS) is 11.4. The summed E-state index contributed by atoms with van der Waals surface area (Å²) in [6.07, 6.45) is 0. The molecule has 0 aliphatic heterocycles. The van der Waals surface area contributed by atoms with Crippen LogP contribution in [-0.4, -0.2) is 19.2 Å². The topological polar surface area (TPSA) is 56.3 Å². The Morgan fingerprint density at radius 3 is 2.79 bits per heavy atom. The van der Waals surface area contributed by atoms with E-state index in [9.17, 15) is 8.42 Å². The standard InChI is InChI=1S/C7H7BrClNO3S/c1-2-14(11,12)13-7-5(8)3-4-6(9)10-7/h3-4H,2H2,1H3. The smallest absolute Gasteiger partial charge is 0.310 e. The first-order valence-electron chi connectivity index (χ1n) is 3.69. The predicted octanol–water partition coefficient (Wildman–Crippen LogP) is 2.23. The van der Waals surface area contributed by atoms with Crippen molar-refractivity contribution in [1.29, 1.82) is 0 Å². The molecule has 0 radical (unpaired) electrons. The zero-order chi connectivity index (χ0) is 10.8. The minimum Gasteiger partial charge on any atom is -0.360 e. The number of nitrogens with zero attached hydrogens (tertiary/aromatic N) is 1. The van der Waals surface area contributed by atoms with Gasteiger partial charge in [-0.05, 0) is 35.0 Å². The quantitative estimate of drug-likeness (QED) is 0.634. The summed E-state index contributed by atoms with van der Waals surface area (Å²) in [7, 11) is -3.56. The molecule has 0 unspecified atom stereocenters. The third-order valence-corrected chi connectivity index (χ3v) is 3.27. The third-order valence-electron chi connectivity index (χ3n) is 1.34. The van der Waals surface area contributed by atoms with Gasteiger partial charge in [-0.3, -0.25) is 0 Å². The maximum atomic E-state index is 11.1. The summed E-state index contributed by atoms with van der Waals surface area (Å²) < 4.78 is 27.3. The molecule has 7 heteroatoms. The number of rotatable bonds is 3. The maximum Gasteiger partial charge on any atom is 0.310 e. The summed E-state index contributed by atoms with van der Waals surface area (Å²) in [4.78, 5) is 3.72. The highest BCUT2D eigenvalue weighted by molar-refractivity contribution is 9.10. The van der Waals surface area contributed by atoms with Gasteiger partial charge >= 0.3 is 10.1 Å². The van der Waals surface area contributed by atoms with Gasteiger partial charge in [-0.25, -0.2) is 0 Å². The molecular weight excluding hydrogens is 294 g/mol. The van der Waals surface area contributed by atoms with E-state index in [4.69, 9.17) is 15.8 Å². The highest BCUT2D eigenvalue weighted by Crippen LogP contribution is 2.25. The Bertz CT molecular complexity index is 435. The van der Waals surface area contributed by atoms with Crippen molar-refractivity contribution in [2.24, 2.45) is 0 Å². The molecule has 0 saturated heterocycles. The van der Waals surface area contributed by atoms with Crippen molar-refractivity contribution >= 4 is 37.6 Å². The molecule has 1 aromatic rings. The van der Waals surface area contributed by atoms with Crippen molar-refractivity contribution in [2.45, 2.75) is 6.92 Å². The Morgan fingerprint density at radius 1 is 1.57 bits per heavy atom. The molecule has 0 fully saturated rings. The lowest BCUT2D eigenvalue weighted by molar-refractivity contribution is 0.476. The second-order valence-corrected chi connectivity index (χ2v) is 5.45. The van der Waals surface area contributed by atoms with Crippen LogP contribution in [0.1, 0.15) is 6.92 Å². The van der Waals surface area contributed by atoms with Gasteiger partial charge in [-0.1, -0.05) is 11.6 Å². The van der Waals surface area contributed by atoms with Crippen molar-refractivity contribution in [3.63, 3.8) is 0 Å². The fourth-order valence-corrected chi connectivity index (χ4v) is 1.67. The summed E-state index contributed by atoms with van der Waals surface area (Å²) in [6.45, 7) is 1.48. The first kappa shape index (κ1) is 11.7. The van der Waals surface area contributed by atoms with E-state index in [0.29, 0.717) is 4.47 Å². The molecule has 0 aliphatic carbocycles. The lowest BCUT2D eigenvalue weighted by atomic mass is 10.5. The lowest BCUT2D eigenvalue weighted by Crippen LogP contribution is -2.12. The van der Waals surface area contributed by atoms with E-state index in [1.54, 1.807) is 6.07 Å². The van der Waals surface area contributed by atoms with Gasteiger partial charge in [-0.2, -0.15) is 13.4 Å². The lowest BCUT2D eigenvalue weighted by Gasteiger charge is -2.05. The summed E-state index contributed by atoms with van der Waals surface area (Å²) in [5.41, 5.74) is 0. The number of pyridine rings is 1. The van der Waals surface area contributed by atoms with Crippen LogP contribution in [-0.2, 0) is 10.1 Å². The second kappa shape index (κ2) is 4.46. The van der Waals surface area contributed by atoms with Crippen molar-refractivity contribution < 1.29 is 12.6 Å². The van der Waals surface area contributed by atoms with Gasteiger partial charge in [-0.15, -0.1) is 0 Å². The van der Waals surface area contributed by atoms with E-state index in [-0.39, 0.29) is 16.8 Å². The molecule has 0 aromatic carbocycles. The molecule has 0 aliphatic rings. The summed E-state index contributed by atoms with van der Waals surface area (Å²) in [5.74, 6) is -0.160. The highest BCUT2D eigenvalue weighted by Gasteiger charge is 2.13. The molecule has 1 aromatic heterocycles. The minimum atomic E-state index is -3.56. The van der Waals surface area contributed by atoms with Gasteiger partial charge in [0, 0.05) is 0 Å². The van der Waals surface area contributed by atoms with E-state index in [0.717, 1.165) is 0 Å². The molecule has 0 amide bonds. The molecule has 14 heavy (non-hydrogen) atoms. The zero-order valence-corrected chi connectivity index (χ0v) is 10.4. The van der Waals surface area contributed by atoms with Gasteiger partial charge < -0.3 is 4.18 Å². The van der Waals surface area contributed by atoms with Crippen molar-refractivity contribution in [3.8, 4) is 5.88 Å². The number of halogens is 2. The third kappa shape index (κ3) is 3.11. The Morgan fingerprint density at radius 2 is 2.21 bits per heavy atom. The van der Waals surface area contributed by atoms with Crippen LogP contribution in [0.2, 0.25) is 5.15 Å². The van der Waals surface area contributed by atoms with Crippen molar-refractivity contribution in [2.75, 3.05) is 5.75 Å². The fraction of sp³-hybridized carbons (Fsp3) is 0.286. The van der Waals surface area contributed by atoms with Gasteiger partial charge in [0.25, 0.3) is 0 Å². The molecular formula is C7H7BrClNO3S. The molecule has 0 spiro atoms. The number of aromatic nitrogens is 1. The predicted molar refractivity (Wildman–Crippen MR) is 57.0 cm³/mol. The molecule has 78 valence electrons. The zero-order valence-electron chi connectivity index (χ0n) is 7.20. The van der Waals surface area contributed by atoms with Crippen molar-refractivity contribution in [3.05, 3.63) is 21.8 Å². The first-order chi connectivity index (χ1) is 6.44. The summed E-state index contributed by atoms with van der Waals surface area (Å²) >= 11 is 8.68. The van der Waals surface area contributed by atoms with Gasteiger partial charge in [0.1, 0.15) is 5.15 Å². The van der Waals surface area contributed by atoms with Crippen LogP contribution in [0.15, 0.2) is 16.6 Å². The monoisotopic (exact) mass is 299 g/mol. The second-order valence-electron chi connectivity index (χ2n) is 2.35. The van der Waals surface area contributed by atoms with Gasteiger partial charge in [0.2, 0.25) is 5.88 Å². The van der Waals surface area contributed by atoms with Gasteiger partial charge in [0.15, 0.2) is 0 Å². The van der Waals surface area contributed by atoms with E-state index < -0.39 is 10.1 Å². The highest BCUT2D eigenvalue weighted by atomic mass is 79.9. The van der Waals surface area contributed by atoms with Crippen LogP contribution in [0, 0.1) is 0 Å². The van der Waals surface area contributed by atoms with Crippen LogP contribution >= 0.6 is 27.5 Å². The Kier molecular flexibility index (Phi) is 3.74. The number of hydrogen-bond donors (Lipinski definition) is 0.